The Morgan fingerprint density at radius 2 is 2.00 bits per heavy atom. The first-order valence-electron chi connectivity index (χ1n) is 9.70. The van der Waals surface area contributed by atoms with E-state index in [9.17, 15) is 22.6 Å². The van der Waals surface area contributed by atoms with E-state index >= 15 is 0 Å². The number of rotatable bonds is 9. The van der Waals surface area contributed by atoms with Crippen molar-refractivity contribution in [3.63, 3.8) is 0 Å². The molecule has 3 rings (SSSR count). The van der Waals surface area contributed by atoms with E-state index in [0.29, 0.717) is 10.8 Å². The predicted molar refractivity (Wildman–Crippen MR) is 113 cm³/mol. The fraction of sp³-hybridized carbons (Fsp3) is 0.421. The molecule has 1 aliphatic rings. The molecule has 0 aliphatic heterocycles. The number of nitrogens with zero attached hydrogens (tertiary/aromatic N) is 2. The number of amides is 2. The van der Waals surface area contributed by atoms with Crippen molar-refractivity contribution < 1.29 is 27.7 Å². The quantitative estimate of drug-likeness (QED) is 0.515. The Kier molecular flexibility index (Phi) is 8.04. The highest BCUT2D eigenvalue weighted by Crippen LogP contribution is 2.29. The number of nitrogens with one attached hydrogen (secondary N) is 2. The number of aliphatic carboxylic acids is 1. The summed E-state index contributed by atoms with van der Waals surface area (Å²) < 4.78 is 42.2. The summed E-state index contributed by atoms with van der Waals surface area (Å²) in [5.41, 5.74) is 0.235. The topological polar surface area (TPSA) is 112 Å². The van der Waals surface area contributed by atoms with Crippen LogP contribution in [0.3, 0.4) is 0 Å². The number of carbonyl (C=O) groups excluding carboxylic acids is 1. The number of hydrogen-bond donors (Lipinski definition) is 3. The molecule has 168 valence electrons. The molecule has 0 radical (unpaired) electrons. The van der Waals surface area contributed by atoms with Crippen LogP contribution in [-0.4, -0.2) is 39.4 Å². The van der Waals surface area contributed by atoms with Crippen molar-refractivity contribution in [3.05, 3.63) is 36.0 Å². The first-order valence-corrected chi connectivity index (χ1v) is 11.7. The molecule has 1 aromatic heterocycles. The maximum atomic E-state index is 13.8. The molecule has 0 spiro atoms. The molecule has 1 saturated carbocycles. The molecule has 8 nitrogen and oxygen atoms in total. The summed E-state index contributed by atoms with van der Waals surface area (Å²) in [7, 11) is -1.66. The lowest BCUT2D eigenvalue weighted by atomic mass is 10.1. The molecule has 1 atom stereocenters. The van der Waals surface area contributed by atoms with Crippen molar-refractivity contribution in [1.82, 2.24) is 9.71 Å². The maximum absolute atomic E-state index is 13.8. The molecular weight excluding hydrogens is 450 g/mol. The lowest BCUT2D eigenvalue weighted by molar-refractivity contribution is -0.136. The Morgan fingerprint density at radius 1 is 1.26 bits per heavy atom. The normalized spacial score (nSPS) is 15.0. The van der Waals surface area contributed by atoms with Crippen LogP contribution < -0.4 is 14.9 Å². The molecule has 3 N–H and O–H groups in total. The Bertz CT molecular complexity index is 966. The fourth-order valence-corrected chi connectivity index (χ4v) is 5.13. The third-order valence-corrected chi connectivity index (χ3v) is 7.18. The van der Waals surface area contributed by atoms with Gasteiger partial charge >= 0.3 is 12.0 Å². The average molecular weight is 473 g/mol. The van der Waals surface area contributed by atoms with Crippen LogP contribution in [-0.2, 0) is 15.8 Å². The Hall–Kier alpha value is -2.44. The third-order valence-electron chi connectivity index (χ3n) is 4.83. The van der Waals surface area contributed by atoms with Crippen molar-refractivity contribution in [2.75, 3.05) is 23.3 Å². The van der Waals surface area contributed by atoms with Gasteiger partial charge in [-0.1, -0.05) is 24.2 Å². The smallest absolute Gasteiger partial charge is 0.328 e. The second-order valence-corrected chi connectivity index (χ2v) is 9.64. The zero-order valence-corrected chi connectivity index (χ0v) is 18.1. The summed E-state index contributed by atoms with van der Waals surface area (Å²) >= 11 is 0.975. The van der Waals surface area contributed by atoms with Crippen molar-refractivity contribution in [2.24, 2.45) is 5.92 Å². The van der Waals surface area contributed by atoms with Gasteiger partial charge in [-0.05, 0) is 30.9 Å². The number of benzene rings is 1. The molecule has 1 fully saturated rings. The summed E-state index contributed by atoms with van der Waals surface area (Å²) in [5, 5.41) is 11.4. The summed E-state index contributed by atoms with van der Waals surface area (Å²) in [4.78, 5) is 28.9. The van der Waals surface area contributed by atoms with Crippen LogP contribution in [0.5, 0.6) is 0 Å². The van der Waals surface area contributed by atoms with Gasteiger partial charge in [-0.2, -0.15) is 0 Å². The fourth-order valence-electron chi connectivity index (χ4n) is 3.29. The number of anilines is 2. The second kappa shape index (κ2) is 10.7. The zero-order chi connectivity index (χ0) is 22.4. The molecule has 1 heterocycles. The van der Waals surface area contributed by atoms with E-state index in [-0.39, 0.29) is 29.7 Å². The van der Waals surface area contributed by atoms with Gasteiger partial charge in [0.2, 0.25) is 0 Å². The lowest BCUT2D eigenvalue weighted by Crippen LogP contribution is -2.38. The van der Waals surface area contributed by atoms with E-state index in [4.69, 9.17) is 5.11 Å². The highest BCUT2D eigenvalue weighted by molar-refractivity contribution is 7.85. The van der Waals surface area contributed by atoms with Crippen molar-refractivity contribution >= 4 is 45.1 Å². The monoisotopic (exact) mass is 472 g/mol. The lowest BCUT2D eigenvalue weighted by Gasteiger charge is -2.25. The second-order valence-electron chi connectivity index (χ2n) is 7.08. The van der Waals surface area contributed by atoms with Gasteiger partial charge in [0.25, 0.3) is 0 Å². The first-order chi connectivity index (χ1) is 14.8. The number of aromatic nitrogens is 1. The van der Waals surface area contributed by atoms with Gasteiger partial charge < -0.3 is 5.11 Å². The van der Waals surface area contributed by atoms with E-state index in [2.05, 4.69) is 15.0 Å². The van der Waals surface area contributed by atoms with Gasteiger partial charge in [0.05, 0.1) is 12.6 Å². The number of urea groups is 1. The molecule has 1 unspecified atom stereocenters. The number of carbonyl (C=O) groups is 2. The Morgan fingerprint density at radius 3 is 2.68 bits per heavy atom. The maximum Gasteiger partial charge on any atom is 0.328 e. The molecule has 1 aliphatic carbocycles. The van der Waals surface area contributed by atoms with E-state index < -0.39 is 34.6 Å². The van der Waals surface area contributed by atoms with Crippen LogP contribution in [0.2, 0.25) is 0 Å². The van der Waals surface area contributed by atoms with Gasteiger partial charge in [0.15, 0.2) is 16.8 Å². The standard InChI is InChI=1S/C19H22F2N4O4S2/c20-14-6-5-13(9-15(14)21)25(11-12-3-1-2-4-12)19(28)24-18-22-10-17(30-18)31(29)23-8-7-16(26)27/h5-6,9-10,12,23H,1-4,7-8,11H2,(H,26,27)(H,22,24,28). The molecule has 2 aromatic rings. The highest BCUT2D eigenvalue weighted by Gasteiger charge is 2.25. The Labute approximate surface area is 184 Å². The van der Waals surface area contributed by atoms with Gasteiger partial charge in [-0.3, -0.25) is 15.0 Å². The van der Waals surface area contributed by atoms with Crippen LogP contribution >= 0.6 is 11.3 Å². The number of thiazole rings is 1. The first kappa shape index (κ1) is 23.2. The van der Waals surface area contributed by atoms with Crippen LogP contribution in [0.25, 0.3) is 0 Å². The van der Waals surface area contributed by atoms with Crippen LogP contribution in [0.1, 0.15) is 32.1 Å². The van der Waals surface area contributed by atoms with Gasteiger partial charge in [0, 0.05) is 24.8 Å². The van der Waals surface area contributed by atoms with Crippen molar-refractivity contribution in [3.8, 4) is 0 Å². The van der Waals surface area contributed by atoms with E-state index in [1.807, 2.05) is 0 Å². The summed E-state index contributed by atoms with van der Waals surface area (Å²) in [5.74, 6) is -2.79. The zero-order valence-electron chi connectivity index (χ0n) is 16.5. The Balaban J connectivity index is 1.69. The van der Waals surface area contributed by atoms with E-state index in [1.165, 1.54) is 17.2 Å². The largest absolute Gasteiger partial charge is 0.481 e. The number of hydrogen-bond acceptors (Lipinski definition) is 5. The molecule has 12 heteroatoms. The molecule has 0 saturated heterocycles. The number of carboxylic acids is 1. The van der Waals surface area contributed by atoms with E-state index in [0.717, 1.165) is 49.2 Å². The van der Waals surface area contributed by atoms with Gasteiger partial charge in [-0.15, -0.1) is 0 Å². The number of carboxylic acid groups (broad SMARTS) is 1. The van der Waals surface area contributed by atoms with Crippen LogP contribution in [0.4, 0.5) is 24.4 Å². The molecule has 2 amide bonds. The molecule has 31 heavy (non-hydrogen) atoms. The van der Waals surface area contributed by atoms with Crippen molar-refractivity contribution in [1.29, 1.82) is 0 Å². The molecule has 1 aromatic carbocycles. The SMILES string of the molecule is O=C(O)CCNS(=O)c1cnc(NC(=O)N(CC2CCCC2)c2ccc(F)c(F)c2)s1. The predicted octanol–water partition coefficient (Wildman–Crippen LogP) is 3.74. The third kappa shape index (κ3) is 6.52. The molecular formula is C19H22F2N4O4S2. The average Bonchev–Trinajstić information content (AvgIpc) is 3.40. The number of halogens is 2. The van der Waals surface area contributed by atoms with E-state index in [1.54, 1.807) is 0 Å². The highest BCUT2D eigenvalue weighted by atomic mass is 32.2. The summed E-state index contributed by atoms with van der Waals surface area (Å²) in [6.45, 7) is 0.380. The minimum Gasteiger partial charge on any atom is -0.481 e. The summed E-state index contributed by atoms with van der Waals surface area (Å²) in [6, 6.07) is 2.76. The van der Waals surface area contributed by atoms with Gasteiger partial charge in [-0.25, -0.2) is 27.5 Å². The van der Waals surface area contributed by atoms with Gasteiger partial charge in [0.1, 0.15) is 15.2 Å². The molecule has 0 bridgehead atoms. The summed E-state index contributed by atoms with van der Waals surface area (Å²) in [6.07, 6.45) is 5.18. The van der Waals surface area contributed by atoms with Crippen LogP contribution in [0, 0.1) is 17.6 Å². The minimum atomic E-state index is -1.66. The van der Waals surface area contributed by atoms with Crippen LogP contribution in [0.15, 0.2) is 28.6 Å². The minimum absolute atomic E-state index is 0.0207. The van der Waals surface area contributed by atoms with Crippen molar-refractivity contribution in [2.45, 2.75) is 36.3 Å².